The lowest BCUT2D eigenvalue weighted by atomic mass is 9.81. The number of nitrogens with zero attached hydrogens (tertiary/aromatic N) is 1. The summed E-state index contributed by atoms with van der Waals surface area (Å²) in [6.07, 6.45) is 0.178. The Bertz CT molecular complexity index is 918. The number of rotatable bonds is 6. The van der Waals surface area contributed by atoms with Crippen LogP contribution in [-0.4, -0.2) is 35.8 Å². The predicted molar refractivity (Wildman–Crippen MR) is 120 cm³/mol. The second-order valence-electron chi connectivity index (χ2n) is 7.64. The van der Waals surface area contributed by atoms with Crippen molar-refractivity contribution in [3.63, 3.8) is 0 Å². The minimum Gasteiger partial charge on any atom is -0.382 e. The van der Waals surface area contributed by atoms with Gasteiger partial charge in [-0.15, -0.1) is 0 Å². The second kappa shape index (κ2) is 9.23. The molecular weight excluding hydrogens is 426 g/mol. The average Bonchev–Trinajstić information content (AvgIpc) is 2.77. The van der Waals surface area contributed by atoms with Gasteiger partial charge >= 0.3 is 0 Å². The van der Waals surface area contributed by atoms with Crippen LogP contribution in [0.2, 0.25) is 0 Å². The summed E-state index contributed by atoms with van der Waals surface area (Å²) in [4.78, 5) is 2.37. The molecule has 150 valence electrons. The monoisotopic (exact) mass is 451 g/mol. The number of morpholine rings is 1. The molecule has 1 fully saturated rings. The third-order valence-electron chi connectivity index (χ3n) is 5.62. The molecule has 1 saturated heterocycles. The minimum atomic E-state index is -1.11. The van der Waals surface area contributed by atoms with Crippen LogP contribution < -0.4 is 0 Å². The third kappa shape index (κ3) is 4.78. The number of benzene rings is 3. The molecule has 29 heavy (non-hydrogen) atoms. The maximum atomic E-state index is 12.0. The SMILES string of the molecule is OC(Cc1ccccc1Br)(c1ccccc1)C1CN(Cc2ccccc2)CCO1. The highest BCUT2D eigenvalue weighted by molar-refractivity contribution is 9.10. The summed E-state index contributed by atoms with van der Waals surface area (Å²) < 4.78 is 7.18. The first-order valence-corrected chi connectivity index (χ1v) is 10.8. The second-order valence-corrected chi connectivity index (χ2v) is 8.49. The molecule has 4 heteroatoms. The zero-order valence-electron chi connectivity index (χ0n) is 16.4. The highest BCUT2D eigenvalue weighted by Gasteiger charge is 2.42. The molecule has 3 aromatic rings. The number of hydrogen-bond acceptors (Lipinski definition) is 3. The molecule has 0 aliphatic carbocycles. The maximum Gasteiger partial charge on any atom is 0.121 e. The largest absolute Gasteiger partial charge is 0.382 e. The minimum absolute atomic E-state index is 0.311. The molecule has 4 rings (SSSR count). The molecule has 1 N–H and O–H groups in total. The molecule has 0 aromatic heterocycles. The van der Waals surface area contributed by atoms with Crippen LogP contribution in [0.4, 0.5) is 0 Å². The van der Waals surface area contributed by atoms with Crippen molar-refractivity contribution in [2.24, 2.45) is 0 Å². The molecule has 2 unspecified atom stereocenters. The molecule has 0 bridgehead atoms. The number of hydrogen-bond donors (Lipinski definition) is 1. The van der Waals surface area contributed by atoms with Crippen LogP contribution in [0.1, 0.15) is 16.7 Å². The summed E-state index contributed by atoms with van der Waals surface area (Å²) in [5.74, 6) is 0. The zero-order valence-corrected chi connectivity index (χ0v) is 18.0. The summed E-state index contributed by atoms with van der Waals surface area (Å²) in [5, 5.41) is 12.0. The summed E-state index contributed by atoms with van der Waals surface area (Å²) in [7, 11) is 0. The molecule has 0 radical (unpaired) electrons. The van der Waals surface area contributed by atoms with Crippen molar-refractivity contribution in [2.45, 2.75) is 24.7 Å². The molecular formula is C25H26BrNO2. The number of aliphatic hydroxyl groups is 1. The van der Waals surface area contributed by atoms with Crippen LogP contribution in [-0.2, 0) is 23.3 Å². The van der Waals surface area contributed by atoms with E-state index in [1.165, 1.54) is 5.56 Å². The number of halogens is 1. The van der Waals surface area contributed by atoms with E-state index in [2.05, 4.69) is 51.2 Å². The van der Waals surface area contributed by atoms with Gasteiger partial charge in [-0.1, -0.05) is 94.8 Å². The summed E-state index contributed by atoms with van der Waals surface area (Å²) in [6.45, 7) is 3.03. The van der Waals surface area contributed by atoms with Gasteiger partial charge in [-0.05, 0) is 22.8 Å². The van der Waals surface area contributed by atoms with Gasteiger partial charge in [-0.25, -0.2) is 0 Å². The van der Waals surface area contributed by atoms with Gasteiger partial charge in [0.15, 0.2) is 0 Å². The standard InChI is InChI=1S/C25H26BrNO2/c26-23-14-8-7-11-21(23)17-25(28,22-12-5-2-6-13-22)24-19-27(15-16-29-24)18-20-9-3-1-4-10-20/h1-14,24,28H,15-19H2. The Morgan fingerprint density at radius 1 is 0.931 bits per heavy atom. The first kappa shape index (κ1) is 20.3. The van der Waals surface area contributed by atoms with Crippen LogP contribution in [0.5, 0.6) is 0 Å². The fourth-order valence-electron chi connectivity index (χ4n) is 4.04. The molecule has 1 aliphatic heterocycles. The van der Waals surface area contributed by atoms with E-state index in [0.717, 1.165) is 28.7 Å². The lowest BCUT2D eigenvalue weighted by Crippen LogP contribution is -2.53. The Hall–Kier alpha value is -1.98. The molecule has 1 heterocycles. The van der Waals surface area contributed by atoms with E-state index in [4.69, 9.17) is 4.74 Å². The highest BCUT2D eigenvalue weighted by Crippen LogP contribution is 2.35. The van der Waals surface area contributed by atoms with E-state index in [9.17, 15) is 5.11 Å². The Morgan fingerprint density at radius 2 is 1.59 bits per heavy atom. The van der Waals surface area contributed by atoms with Gasteiger partial charge in [0.1, 0.15) is 11.7 Å². The van der Waals surface area contributed by atoms with E-state index in [1.807, 2.05) is 54.6 Å². The van der Waals surface area contributed by atoms with Crippen molar-refractivity contribution in [3.8, 4) is 0 Å². The fraction of sp³-hybridized carbons (Fsp3) is 0.280. The lowest BCUT2D eigenvalue weighted by molar-refractivity contribution is -0.149. The fourth-order valence-corrected chi connectivity index (χ4v) is 4.46. The van der Waals surface area contributed by atoms with Crippen molar-refractivity contribution in [1.82, 2.24) is 4.90 Å². The van der Waals surface area contributed by atoms with Crippen molar-refractivity contribution in [2.75, 3.05) is 19.7 Å². The van der Waals surface area contributed by atoms with Gasteiger partial charge in [0.2, 0.25) is 0 Å². The van der Waals surface area contributed by atoms with Crippen LogP contribution in [0.3, 0.4) is 0 Å². The Kier molecular flexibility index (Phi) is 6.46. The summed E-state index contributed by atoms with van der Waals surface area (Å²) >= 11 is 3.64. The molecule has 3 nitrogen and oxygen atoms in total. The van der Waals surface area contributed by atoms with Gasteiger partial charge in [0, 0.05) is 30.5 Å². The van der Waals surface area contributed by atoms with E-state index in [1.54, 1.807) is 0 Å². The predicted octanol–water partition coefficient (Wildman–Crippen LogP) is 4.78. The normalized spacial score (nSPS) is 19.6. The quantitative estimate of drug-likeness (QED) is 0.585. The van der Waals surface area contributed by atoms with Gasteiger partial charge in [0.05, 0.1) is 6.61 Å². The van der Waals surface area contributed by atoms with Crippen LogP contribution in [0.15, 0.2) is 89.4 Å². The van der Waals surface area contributed by atoms with Gasteiger partial charge in [0.25, 0.3) is 0 Å². The van der Waals surface area contributed by atoms with Crippen LogP contribution >= 0.6 is 15.9 Å². The van der Waals surface area contributed by atoms with Crippen molar-refractivity contribution < 1.29 is 9.84 Å². The summed E-state index contributed by atoms with van der Waals surface area (Å²) in [6, 6.07) is 28.5. The highest BCUT2D eigenvalue weighted by atomic mass is 79.9. The van der Waals surface area contributed by atoms with Crippen molar-refractivity contribution in [1.29, 1.82) is 0 Å². The molecule has 0 spiro atoms. The average molecular weight is 452 g/mol. The van der Waals surface area contributed by atoms with Crippen LogP contribution in [0.25, 0.3) is 0 Å². The van der Waals surface area contributed by atoms with Crippen LogP contribution in [0, 0.1) is 0 Å². The first-order chi connectivity index (χ1) is 14.1. The van der Waals surface area contributed by atoms with Crippen molar-refractivity contribution in [3.05, 3.63) is 106 Å². The lowest BCUT2D eigenvalue weighted by Gasteiger charge is -2.42. The Labute approximate surface area is 181 Å². The van der Waals surface area contributed by atoms with E-state index >= 15 is 0 Å². The van der Waals surface area contributed by atoms with Gasteiger partial charge in [-0.2, -0.15) is 0 Å². The van der Waals surface area contributed by atoms with E-state index in [-0.39, 0.29) is 6.10 Å². The smallest absolute Gasteiger partial charge is 0.121 e. The van der Waals surface area contributed by atoms with Gasteiger partial charge < -0.3 is 9.84 Å². The summed E-state index contributed by atoms with van der Waals surface area (Å²) in [5.41, 5.74) is 2.13. The topological polar surface area (TPSA) is 32.7 Å². The van der Waals surface area contributed by atoms with Gasteiger partial charge in [-0.3, -0.25) is 4.90 Å². The first-order valence-electron chi connectivity index (χ1n) is 10.0. The molecule has 2 atom stereocenters. The zero-order chi connectivity index (χ0) is 20.1. The molecule has 3 aromatic carbocycles. The van der Waals surface area contributed by atoms with E-state index < -0.39 is 5.60 Å². The molecule has 0 amide bonds. The number of ether oxygens (including phenoxy) is 1. The van der Waals surface area contributed by atoms with Crippen molar-refractivity contribution >= 4 is 15.9 Å². The Balaban J connectivity index is 1.61. The molecule has 1 aliphatic rings. The Morgan fingerprint density at radius 3 is 2.31 bits per heavy atom. The maximum absolute atomic E-state index is 12.0. The molecule has 0 saturated carbocycles. The van der Waals surface area contributed by atoms with E-state index in [0.29, 0.717) is 19.6 Å². The third-order valence-corrected chi connectivity index (χ3v) is 6.40.